The zero-order chi connectivity index (χ0) is 32.9. The van der Waals surface area contributed by atoms with E-state index < -0.39 is 80.6 Å². The van der Waals surface area contributed by atoms with Crippen LogP contribution in [0.1, 0.15) is 47.6 Å². The van der Waals surface area contributed by atoms with Crippen LogP contribution in [0, 0.1) is 70.2 Å². The van der Waals surface area contributed by atoms with Gasteiger partial charge in [0.1, 0.15) is 46.1 Å². The summed E-state index contributed by atoms with van der Waals surface area (Å²) in [6.45, 7) is 1.97. The Labute approximate surface area is 250 Å². The van der Waals surface area contributed by atoms with Crippen molar-refractivity contribution in [3.05, 3.63) is 129 Å². The molecule has 0 spiro atoms. The van der Waals surface area contributed by atoms with Crippen LogP contribution < -0.4 is 9.47 Å². The molecule has 0 saturated carbocycles. The maximum atomic E-state index is 14.7. The Balaban J connectivity index is 1.51. The molecule has 0 radical (unpaired) electrons. The van der Waals surface area contributed by atoms with Crippen LogP contribution in [-0.4, -0.2) is 6.61 Å². The molecule has 12 heteroatoms. The second-order valence-corrected chi connectivity index (χ2v) is 9.29. The number of alkyl halides is 2. The summed E-state index contributed by atoms with van der Waals surface area (Å²) >= 11 is 0. The van der Waals surface area contributed by atoms with Crippen molar-refractivity contribution in [2.45, 2.75) is 25.9 Å². The number of ether oxygens (including phenoxy) is 2. The van der Waals surface area contributed by atoms with Crippen LogP contribution in [0.3, 0.4) is 0 Å². The molecule has 0 aliphatic rings. The molecule has 232 valence electrons. The van der Waals surface area contributed by atoms with Gasteiger partial charge in [-0.1, -0.05) is 37.0 Å². The Morgan fingerprint density at radius 3 is 1.69 bits per heavy atom. The molecule has 0 aliphatic carbocycles. The Morgan fingerprint density at radius 1 is 0.600 bits per heavy atom. The van der Waals surface area contributed by atoms with Crippen LogP contribution >= 0.6 is 0 Å². The van der Waals surface area contributed by atoms with Gasteiger partial charge in [0, 0.05) is 29.3 Å². The number of unbranched alkanes of at least 4 members (excludes halogenated alkanes) is 1. The highest BCUT2D eigenvalue weighted by atomic mass is 19.3. The molecule has 0 unspecified atom stereocenters. The van der Waals surface area contributed by atoms with Gasteiger partial charge >= 0.3 is 6.11 Å². The minimum atomic E-state index is -4.56. The van der Waals surface area contributed by atoms with Crippen LogP contribution in [0.4, 0.5) is 43.9 Å². The van der Waals surface area contributed by atoms with Crippen molar-refractivity contribution in [1.82, 2.24) is 0 Å². The Hall–Kier alpha value is -5.10. The molecule has 2 nitrogen and oxygen atoms in total. The molecule has 0 atom stereocenters. The van der Waals surface area contributed by atoms with Crippen LogP contribution in [0.15, 0.2) is 54.6 Å². The van der Waals surface area contributed by atoms with Gasteiger partial charge in [0.05, 0.1) is 17.7 Å². The van der Waals surface area contributed by atoms with Crippen molar-refractivity contribution in [2.24, 2.45) is 0 Å². The molecule has 0 aliphatic heterocycles. The zero-order valence-corrected chi connectivity index (χ0v) is 22.9. The number of hydrogen-bond donors (Lipinski definition) is 0. The molecule has 0 fully saturated rings. The van der Waals surface area contributed by atoms with Crippen molar-refractivity contribution in [3.63, 3.8) is 0 Å². The molecule has 0 amide bonds. The fourth-order valence-electron chi connectivity index (χ4n) is 3.77. The molecule has 4 rings (SSSR count). The highest BCUT2D eigenvalue weighted by molar-refractivity contribution is 5.50. The van der Waals surface area contributed by atoms with Crippen LogP contribution in [0.2, 0.25) is 0 Å². The third-order valence-corrected chi connectivity index (χ3v) is 5.96. The van der Waals surface area contributed by atoms with Crippen LogP contribution in [-0.2, 0) is 6.11 Å². The zero-order valence-electron chi connectivity index (χ0n) is 22.9. The van der Waals surface area contributed by atoms with E-state index in [4.69, 9.17) is 4.74 Å². The third-order valence-electron chi connectivity index (χ3n) is 5.96. The second kappa shape index (κ2) is 13.7. The van der Waals surface area contributed by atoms with E-state index in [0.29, 0.717) is 36.8 Å². The Kier molecular flexibility index (Phi) is 9.98. The Bertz CT molecular complexity index is 1810. The number of rotatable bonds is 7. The summed E-state index contributed by atoms with van der Waals surface area (Å²) in [6, 6.07) is 5.86. The maximum Gasteiger partial charge on any atom is 0.432 e. The SMILES string of the molecule is CCCCOc1cc(F)c(C(F)(F)Oc2ccc(C#Cc3cc(F)c(C#Cc4cc(F)c(F)c(F)c4)c(F)c3)c(F)c2)c(F)c1. The number of benzene rings is 4. The molecule has 0 bridgehead atoms. The van der Waals surface area contributed by atoms with Gasteiger partial charge in [0.15, 0.2) is 17.5 Å². The van der Waals surface area contributed by atoms with E-state index in [2.05, 4.69) is 22.5 Å². The highest BCUT2D eigenvalue weighted by Gasteiger charge is 2.41. The smallest absolute Gasteiger partial charge is 0.432 e. The summed E-state index contributed by atoms with van der Waals surface area (Å²) in [5, 5.41) is 0. The van der Waals surface area contributed by atoms with Gasteiger partial charge in [-0.15, -0.1) is 0 Å². The third kappa shape index (κ3) is 7.90. The number of halogens is 10. The predicted molar refractivity (Wildman–Crippen MR) is 142 cm³/mol. The molecule has 4 aromatic carbocycles. The van der Waals surface area contributed by atoms with Gasteiger partial charge in [0.2, 0.25) is 0 Å². The molecule has 0 aromatic heterocycles. The molecule has 0 N–H and O–H groups in total. The standard InChI is InChI=1S/C33H18F10O2/c1-2-3-10-44-22-16-27(37)31(28(38)17-22)33(42,43)45-21-8-7-20(24(34)15-21)6-4-18-11-25(35)23(26(36)12-18)9-5-19-13-29(39)32(41)30(40)14-19/h7-8,11-17H,2-3,10H2,1H3. The van der Waals surface area contributed by atoms with Crippen molar-refractivity contribution in [3.8, 4) is 35.2 Å². The van der Waals surface area contributed by atoms with Gasteiger partial charge in [-0.3, -0.25) is 0 Å². The van der Waals surface area contributed by atoms with Gasteiger partial charge < -0.3 is 9.47 Å². The summed E-state index contributed by atoms with van der Waals surface area (Å²) in [7, 11) is 0. The predicted octanol–water partition coefficient (Wildman–Crippen LogP) is 8.91. The minimum absolute atomic E-state index is 0.116. The van der Waals surface area contributed by atoms with E-state index in [9.17, 15) is 43.9 Å². The van der Waals surface area contributed by atoms with E-state index in [1.165, 1.54) is 0 Å². The topological polar surface area (TPSA) is 18.5 Å². The molecule has 0 saturated heterocycles. The van der Waals surface area contributed by atoms with E-state index in [-0.39, 0.29) is 17.9 Å². The molecule has 45 heavy (non-hydrogen) atoms. The quantitative estimate of drug-likeness (QED) is 0.0874. The lowest BCUT2D eigenvalue weighted by Gasteiger charge is -2.20. The van der Waals surface area contributed by atoms with Gasteiger partial charge in [-0.2, -0.15) is 8.78 Å². The lowest BCUT2D eigenvalue weighted by molar-refractivity contribution is -0.189. The first-order chi connectivity index (χ1) is 21.3. The van der Waals surface area contributed by atoms with Crippen molar-refractivity contribution in [1.29, 1.82) is 0 Å². The van der Waals surface area contributed by atoms with Crippen molar-refractivity contribution >= 4 is 0 Å². The van der Waals surface area contributed by atoms with E-state index in [1.807, 2.05) is 12.8 Å². The fourth-order valence-corrected chi connectivity index (χ4v) is 3.77. The maximum absolute atomic E-state index is 14.7. The molecule has 0 heterocycles. The van der Waals surface area contributed by atoms with Gasteiger partial charge in [0.25, 0.3) is 0 Å². The van der Waals surface area contributed by atoms with Crippen molar-refractivity contribution in [2.75, 3.05) is 6.61 Å². The average molecular weight is 636 g/mol. The van der Waals surface area contributed by atoms with Crippen LogP contribution in [0.25, 0.3) is 0 Å². The fraction of sp³-hybridized carbons (Fsp3) is 0.152. The Morgan fingerprint density at radius 2 is 1.13 bits per heavy atom. The summed E-state index contributed by atoms with van der Waals surface area (Å²) in [5.74, 6) is -4.23. The van der Waals surface area contributed by atoms with Gasteiger partial charge in [-0.05, 0) is 42.8 Å². The molecular formula is C33H18F10O2. The lowest BCUT2D eigenvalue weighted by Crippen LogP contribution is -2.25. The lowest BCUT2D eigenvalue weighted by atomic mass is 10.1. The van der Waals surface area contributed by atoms with Crippen LogP contribution in [0.5, 0.6) is 11.5 Å². The highest BCUT2D eigenvalue weighted by Crippen LogP contribution is 2.37. The summed E-state index contributed by atoms with van der Waals surface area (Å²) in [4.78, 5) is 0. The molecule has 4 aromatic rings. The largest absolute Gasteiger partial charge is 0.493 e. The second-order valence-electron chi connectivity index (χ2n) is 9.29. The summed E-state index contributed by atoms with van der Waals surface area (Å²) in [5.41, 5.74) is -3.62. The van der Waals surface area contributed by atoms with E-state index in [0.717, 1.165) is 30.7 Å². The monoisotopic (exact) mass is 636 g/mol. The first-order valence-corrected chi connectivity index (χ1v) is 13.0. The summed E-state index contributed by atoms with van der Waals surface area (Å²) < 4.78 is 151. The van der Waals surface area contributed by atoms with E-state index in [1.54, 1.807) is 0 Å². The summed E-state index contributed by atoms with van der Waals surface area (Å²) in [6.07, 6.45) is -3.26. The van der Waals surface area contributed by atoms with Crippen molar-refractivity contribution < 1.29 is 53.4 Å². The first kappa shape index (κ1) is 32.8. The van der Waals surface area contributed by atoms with E-state index >= 15 is 0 Å². The average Bonchev–Trinajstić information content (AvgIpc) is 2.94. The number of hydrogen-bond acceptors (Lipinski definition) is 2. The normalized spacial score (nSPS) is 10.9. The first-order valence-electron chi connectivity index (χ1n) is 13.0. The van der Waals surface area contributed by atoms with Gasteiger partial charge in [-0.25, -0.2) is 35.1 Å². The minimum Gasteiger partial charge on any atom is -0.493 e. The molecular weight excluding hydrogens is 618 g/mol.